The number of hydrogen-bond donors (Lipinski definition) is 3. The standard InChI is InChI=1S/C20H27N3OS.HI/c1-3-21-19(23-14-20(2,24)17-9-10-25-13-17)22-12-16-11-18(16)15-7-5-4-6-8-15;/h4-10,13,16,18,24H,3,11-12,14H2,1-2H3,(H2,21,22,23);1H. The first-order chi connectivity index (χ1) is 12.1. The molecule has 0 aliphatic heterocycles. The van der Waals surface area contributed by atoms with E-state index in [1.54, 1.807) is 11.3 Å². The van der Waals surface area contributed by atoms with E-state index in [1.165, 1.54) is 12.0 Å². The van der Waals surface area contributed by atoms with Gasteiger partial charge in [0, 0.05) is 13.1 Å². The van der Waals surface area contributed by atoms with Crippen molar-refractivity contribution >= 4 is 41.3 Å². The van der Waals surface area contributed by atoms with Crippen LogP contribution in [0.5, 0.6) is 0 Å². The molecule has 0 amide bonds. The third kappa shape index (κ3) is 5.69. The molecule has 0 spiro atoms. The lowest BCUT2D eigenvalue weighted by atomic mass is 10.00. The van der Waals surface area contributed by atoms with Gasteiger partial charge < -0.3 is 15.7 Å². The van der Waals surface area contributed by atoms with Gasteiger partial charge in [-0.1, -0.05) is 30.3 Å². The van der Waals surface area contributed by atoms with E-state index >= 15 is 0 Å². The molecule has 2 aromatic rings. The number of thiophene rings is 1. The molecule has 0 bridgehead atoms. The van der Waals surface area contributed by atoms with Crippen LogP contribution in [0.1, 0.15) is 37.3 Å². The van der Waals surface area contributed by atoms with E-state index < -0.39 is 5.60 Å². The van der Waals surface area contributed by atoms with Gasteiger partial charge in [0.2, 0.25) is 0 Å². The molecule has 1 saturated carbocycles. The smallest absolute Gasteiger partial charge is 0.191 e. The maximum Gasteiger partial charge on any atom is 0.191 e. The Morgan fingerprint density at radius 1 is 1.27 bits per heavy atom. The molecule has 1 heterocycles. The molecule has 26 heavy (non-hydrogen) atoms. The Hall–Kier alpha value is -1.12. The second kappa shape index (κ2) is 9.71. The molecule has 3 N–H and O–H groups in total. The predicted octanol–water partition coefficient (Wildman–Crippen LogP) is 3.93. The highest BCUT2D eigenvalue weighted by Gasteiger charge is 2.37. The summed E-state index contributed by atoms with van der Waals surface area (Å²) in [5, 5.41) is 21.3. The zero-order chi connectivity index (χ0) is 17.7. The van der Waals surface area contributed by atoms with E-state index in [-0.39, 0.29) is 24.0 Å². The molecule has 1 aromatic heterocycles. The highest BCUT2D eigenvalue weighted by molar-refractivity contribution is 14.0. The van der Waals surface area contributed by atoms with Crippen molar-refractivity contribution in [3.8, 4) is 0 Å². The van der Waals surface area contributed by atoms with Crippen molar-refractivity contribution in [1.29, 1.82) is 0 Å². The molecule has 142 valence electrons. The largest absolute Gasteiger partial charge is 0.383 e. The second-order valence-electron chi connectivity index (χ2n) is 6.87. The zero-order valence-electron chi connectivity index (χ0n) is 15.3. The van der Waals surface area contributed by atoms with Gasteiger partial charge >= 0.3 is 0 Å². The Bertz CT molecular complexity index is 688. The number of benzene rings is 1. The van der Waals surface area contributed by atoms with Gasteiger partial charge in [0.15, 0.2) is 5.96 Å². The summed E-state index contributed by atoms with van der Waals surface area (Å²) in [7, 11) is 0. The van der Waals surface area contributed by atoms with Crippen LogP contribution >= 0.6 is 35.3 Å². The maximum atomic E-state index is 10.6. The summed E-state index contributed by atoms with van der Waals surface area (Å²) in [5.74, 6) is 2.09. The molecule has 1 aromatic carbocycles. The molecule has 3 unspecified atom stereocenters. The van der Waals surface area contributed by atoms with Crippen molar-refractivity contribution in [3.05, 3.63) is 58.3 Å². The monoisotopic (exact) mass is 485 g/mol. The van der Waals surface area contributed by atoms with Gasteiger partial charge in [0.1, 0.15) is 5.60 Å². The molecule has 0 saturated heterocycles. The molecular weight excluding hydrogens is 457 g/mol. The third-order valence-corrected chi connectivity index (χ3v) is 5.40. The van der Waals surface area contributed by atoms with Crippen LogP contribution < -0.4 is 10.6 Å². The Balaban J connectivity index is 0.00000243. The van der Waals surface area contributed by atoms with Crippen molar-refractivity contribution < 1.29 is 5.11 Å². The van der Waals surface area contributed by atoms with Crippen molar-refractivity contribution in [1.82, 2.24) is 10.6 Å². The van der Waals surface area contributed by atoms with Crippen LogP contribution in [0, 0.1) is 5.92 Å². The van der Waals surface area contributed by atoms with Crippen molar-refractivity contribution in [2.75, 3.05) is 19.6 Å². The summed E-state index contributed by atoms with van der Waals surface area (Å²) in [6.45, 7) is 5.92. The quantitative estimate of drug-likeness (QED) is 0.317. The number of hydrogen-bond acceptors (Lipinski definition) is 3. The van der Waals surface area contributed by atoms with Crippen LogP contribution in [0.25, 0.3) is 0 Å². The summed E-state index contributed by atoms with van der Waals surface area (Å²) in [6.07, 6.45) is 1.23. The van der Waals surface area contributed by atoms with Gasteiger partial charge in [-0.25, -0.2) is 4.99 Å². The second-order valence-corrected chi connectivity index (χ2v) is 7.65. The topological polar surface area (TPSA) is 56.7 Å². The number of rotatable bonds is 7. The summed E-state index contributed by atoms with van der Waals surface area (Å²) in [5.41, 5.74) is 1.41. The lowest BCUT2D eigenvalue weighted by molar-refractivity contribution is 0.0677. The molecule has 6 heteroatoms. The molecule has 3 atom stereocenters. The first-order valence-electron chi connectivity index (χ1n) is 8.92. The van der Waals surface area contributed by atoms with Crippen molar-refractivity contribution in [2.45, 2.75) is 31.8 Å². The van der Waals surface area contributed by atoms with Crippen LogP contribution in [-0.4, -0.2) is 30.7 Å². The third-order valence-electron chi connectivity index (χ3n) is 4.71. The number of guanidine groups is 1. The minimum Gasteiger partial charge on any atom is -0.383 e. The number of aliphatic imine (C=N–C) groups is 1. The SMILES string of the molecule is CCNC(=NCC(C)(O)c1ccsc1)NCC1CC1c1ccccc1.I. The van der Waals surface area contributed by atoms with Crippen LogP contribution in [0.4, 0.5) is 0 Å². The highest BCUT2D eigenvalue weighted by Crippen LogP contribution is 2.46. The highest BCUT2D eigenvalue weighted by atomic mass is 127. The minimum absolute atomic E-state index is 0. The normalized spacial score (nSPS) is 21.4. The predicted molar refractivity (Wildman–Crippen MR) is 121 cm³/mol. The summed E-state index contributed by atoms with van der Waals surface area (Å²) >= 11 is 1.59. The van der Waals surface area contributed by atoms with E-state index in [0.29, 0.717) is 18.4 Å². The average Bonchev–Trinajstić information content (AvgIpc) is 3.17. The van der Waals surface area contributed by atoms with E-state index in [9.17, 15) is 5.11 Å². The fourth-order valence-corrected chi connectivity index (χ4v) is 3.83. The Kier molecular flexibility index (Phi) is 7.91. The molecule has 1 aliphatic carbocycles. The van der Waals surface area contributed by atoms with Crippen LogP contribution in [0.15, 0.2) is 52.2 Å². The Morgan fingerprint density at radius 3 is 2.69 bits per heavy atom. The van der Waals surface area contributed by atoms with E-state index in [4.69, 9.17) is 0 Å². The fourth-order valence-electron chi connectivity index (χ4n) is 3.05. The van der Waals surface area contributed by atoms with Gasteiger partial charge in [-0.2, -0.15) is 11.3 Å². The van der Waals surface area contributed by atoms with Gasteiger partial charge in [-0.3, -0.25) is 0 Å². The van der Waals surface area contributed by atoms with Crippen molar-refractivity contribution in [2.24, 2.45) is 10.9 Å². The molecule has 1 aliphatic rings. The number of nitrogens with zero attached hydrogens (tertiary/aromatic N) is 1. The molecular formula is C20H28IN3OS. The lowest BCUT2D eigenvalue weighted by Gasteiger charge is -2.21. The van der Waals surface area contributed by atoms with Crippen LogP contribution in [0.3, 0.4) is 0 Å². The van der Waals surface area contributed by atoms with Crippen LogP contribution in [-0.2, 0) is 5.60 Å². The van der Waals surface area contributed by atoms with E-state index in [1.807, 2.05) is 23.8 Å². The van der Waals surface area contributed by atoms with Gasteiger partial charge in [0.25, 0.3) is 0 Å². The van der Waals surface area contributed by atoms with Crippen LogP contribution in [0.2, 0.25) is 0 Å². The zero-order valence-corrected chi connectivity index (χ0v) is 18.5. The number of halogens is 1. The van der Waals surface area contributed by atoms with Gasteiger partial charge in [-0.05, 0) is 60.1 Å². The van der Waals surface area contributed by atoms with Gasteiger partial charge in [-0.15, -0.1) is 24.0 Å². The molecule has 3 rings (SSSR count). The average molecular weight is 485 g/mol. The Morgan fingerprint density at radius 2 is 2.04 bits per heavy atom. The molecule has 0 radical (unpaired) electrons. The summed E-state index contributed by atoms with van der Waals surface area (Å²) in [4.78, 5) is 4.59. The summed E-state index contributed by atoms with van der Waals surface area (Å²) in [6, 6.07) is 12.7. The fraction of sp³-hybridized carbons (Fsp3) is 0.450. The van der Waals surface area contributed by atoms with E-state index in [0.717, 1.165) is 24.6 Å². The molecule has 1 fully saturated rings. The maximum absolute atomic E-state index is 10.6. The molecule has 4 nitrogen and oxygen atoms in total. The van der Waals surface area contributed by atoms with Gasteiger partial charge in [0.05, 0.1) is 6.54 Å². The van der Waals surface area contributed by atoms with E-state index in [2.05, 4.69) is 52.9 Å². The first-order valence-corrected chi connectivity index (χ1v) is 9.86. The number of aliphatic hydroxyl groups is 1. The minimum atomic E-state index is -0.936. The van der Waals surface area contributed by atoms with Crippen molar-refractivity contribution in [3.63, 3.8) is 0 Å². The summed E-state index contributed by atoms with van der Waals surface area (Å²) < 4.78 is 0. The first kappa shape index (κ1) is 21.2. The number of nitrogens with one attached hydrogen (secondary N) is 2. The lowest BCUT2D eigenvalue weighted by Crippen LogP contribution is -2.39. The Labute approximate surface area is 177 Å².